The van der Waals surface area contributed by atoms with Gasteiger partial charge in [-0.05, 0) is 13.3 Å². The van der Waals surface area contributed by atoms with E-state index in [2.05, 4.69) is 0 Å². The lowest BCUT2D eigenvalue weighted by molar-refractivity contribution is -0.128. The van der Waals surface area contributed by atoms with Crippen molar-refractivity contribution in [1.29, 1.82) is 5.26 Å². The first-order valence-electron chi connectivity index (χ1n) is 5.04. The molecule has 15 heavy (non-hydrogen) atoms. The zero-order chi connectivity index (χ0) is 11.5. The molecule has 86 valence electrons. The lowest BCUT2D eigenvalue weighted by atomic mass is 10.3. The molecule has 0 N–H and O–H groups in total. The molecule has 0 saturated carbocycles. The van der Waals surface area contributed by atoms with Crippen molar-refractivity contribution >= 4 is 17.5 Å². The van der Waals surface area contributed by atoms with Crippen LogP contribution in [-0.2, 0) is 9.53 Å². The Hall–Kier alpha value is -0.790. The number of halogens is 1. The number of alkyl halides is 1. The number of ether oxygens (including phenoxy) is 1. The van der Waals surface area contributed by atoms with Gasteiger partial charge < -0.3 is 9.64 Å². The van der Waals surface area contributed by atoms with Gasteiger partial charge in [-0.3, -0.25) is 4.79 Å². The van der Waals surface area contributed by atoms with Gasteiger partial charge in [0.05, 0.1) is 12.5 Å². The second-order valence-corrected chi connectivity index (χ2v) is 3.24. The van der Waals surface area contributed by atoms with Crippen LogP contribution in [0.1, 0.15) is 19.8 Å². The molecule has 5 heteroatoms. The second-order valence-electron chi connectivity index (χ2n) is 2.97. The van der Waals surface area contributed by atoms with Gasteiger partial charge in [-0.25, -0.2) is 0 Å². The minimum absolute atomic E-state index is 0.0277. The van der Waals surface area contributed by atoms with Crippen LogP contribution in [0.25, 0.3) is 0 Å². The summed E-state index contributed by atoms with van der Waals surface area (Å²) < 4.78 is 5.17. The van der Waals surface area contributed by atoms with Crippen molar-refractivity contribution in [1.82, 2.24) is 4.90 Å². The summed E-state index contributed by atoms with van der Waals surface area (Å²) in [5.41, 5.74) is 0. The van der Waals surface area contributed by atoms with Crippen molar-refractivity contribution in [2.75, 3.05) is 32.2 Å². The first-order valence-corrected chi connectivity index (χ1v) is 5.58. The average molecular weight is 233 g/mol. The molecule has 0 aromatic carbocycles. The molecule has 0 aliphatic heterocycles. The van der Waals surface area contributed by atoms with Crippen molar-refractivity contribution in [2.45, 2.75) is 19.8 Å². The standard InChI is InChI=1S/C10H17ClN2O2/c1-2-15-8-4-7-13(6-3-5-12)10(14)9-11/h2-4,6-9H2,1H3. The van der Waals surface area contributed by atoms with Crippen molar-refractivity contribution in [3.05, 3.63) is 0 Å². The number of hydrogen-bond donors (Lipinski definition) is 0. The highest BCUT2D eigenvalue weighted by Gasteiger charge is 2.10. The Morgan fingerprint density at radius 1 is 1.53 bits per heavy atom. The van der Waals surface area contributed by atoms with Crippen LogP contribution < -0.4 is 0 Å². The molecule has 0 aliphatic carbocycles. The van der Waals surface area contributed by atoms with Crippen LogP contribution in [0.5, 0.6) is 0 Å². The quantitative estimate of drug-likeness (QED) is 0.470. The smallest absolute Gasteiger partial charge is 0.237 e. The summed E-state index contributed by atoms with van der Waals surface area (Å²) >= 11 is 5.46. The zero-order valence-electron chi connectivity index (χ0n) is 9.04. The molecule has 0 saturated heterocycles. The lowest BCUT2D eigenvalue weighted by Crippen LogP contribution is -2.34. The monoisotopic (exact) mass is 232 g/mol. The fraction of sp³-hybridized carbons (Fsp3) is 0.800. The number of carbonyl (C=O) groups excluding carboxylic acids is 1. The van der Waals surface area contributed by atoms with Gasteiger partial charge in [0.2, 0.25) is 5.91 Å². The SMILES string of the molecule is CCOCCCN(CCC#N)C(=O)CCl. The van der Waals surface area contributed by atoms with Crippen LogP contribution >= 0.6 is 11.6 Å². The minimum atomic E-state index is -0.122. The van der Waals surface area contributed by atoms with Crippen molar-refractivity contribution in [2.24, 2.45) is 0 Å². The summed E-state index contributed by atoms with van der Waals surface area (Å²) in [6.07, 6.45) is 1.12. The molecule has 0 unspecified atom stereocenters. The van der Waals surface area contributed by atoms with E-state index >= 15 is 0 Å². The fourth-order valence-electron chi connectivity index (χ4n) is 1.13. The minimum Gasteiger partial charge on any atom is -0.382 e. The van der Waals surface area contributed by atoms with E-state index in [0.717, 1.165) is 6.42 Å². The molecule has 0 aromatic rings. The number of carbonyl (C=O) groups is 1. The van der Waals surface area contributed by atoms with Crippen LogP contribution in [0.4, 0.5) is 0 Å². The number of amides is 1. The van der Waals surface area contributed by atoms with Crippen LogP contribution in [0.2, 0.25) is 0 Å². The summed E-state index contributed by atoms with van der Waals surface area (Å²) in [4.78, 5) is 12.9. The Kier molecular flexibility index (Phi) is 9.24. The molecule has 0 fully saturated rings. The first kappa shape index (κ1) is 14.2. The first-order chi connectivity index (χ1) is 7.26. The molecule has 0 atom stereocenters. The molecule has 0 aromatic heterocycles. The van der Waals surface area contributed by atoms with E-state index in [1.807, 2.05) is 13.0 Å². The Morgan fingerprint density at radius 2 is 2.27 bits per heavy atom. The summed E-state index contributed by atoms with van der Waals surface area (Å²) in [6, 6.07) is 2.01. The van der Waals surface area contributed by atoms with Crippen LogP contribution in [-0.4, -0.2) is 43.0 Å². The van der Waals surface area contributed by atoms with Gasteiger partial charge in [-0.15, -0.1) is 11.6 Å². The van der Waals surface area contributed by atoms with Crippen LogP contribution in [0, 0.1) is 11.3 Å². The highest BCUT2D eigenvalue weighted by Crippen LogP contribution is 1.97. The number of nitriles is 1. The van der Waals surface area contributed by atoms with Gasteiger partial charge in [0.25, 0.3) is 0 Å². The Labute approximate surface area is 95.8 Å². The number of hydrogen-bond acceptors (Lipinski definition) is 3. The van der Waals surface area contributed by atoms with Crippen LogP contribution in [0.3, 0.4) is 0 Å². The van der Waals surface area contributed by atoms with Gasteiger partial charge in [0, 0.05) is 26.3 Å². The van der Waals surface area contributed by atoms with E-state index in [0.29, 0.717) is 32.7 Å². The summed E-state index contributed by atoms with van der Waals surface area (Å²) in [5, 5.41) is 8.43. The molecule has 0 bridgehead atoms. The van der Waals surface area contributed by atoms with E-state index in [1.165, 1.54) is 0 Å². The van der Waals surface area contributed by atoms with Crippen molar-refractivity contribution in [3.63, 3.8) is 0 Å². The molecule has 0 rings (SSSR count). The molecule has 0 aliphatic rings. The zero-order valence-corrected chi connectivity index (χ0v) is 9.79. The average Bonchev–Trinajstić information content (AvgIpc) is 2.27. The predicted octanol–water partition coefficient (Wildman–Crippen LogP) is 1.39. The topological polar surface area (TPSA) is 53.3 Å². The van der Waals surface area contributed by atoms with E-state index in [1.54, 1.807) is 4.90 Å². The fourth-order valence-corrected chi connectivity index (χ4v) is 1.30. The number of nitrogens with zero attached hydrogens (tertiary/aromatic N) is 2. The Bertz CT molecular complexity index is 216. The summed E-state index contributed by atoms with van der Waals surface area (Å²) in [7, 11) is 0. The maximum atomic E-state index is 11.3. The Morgan fingerprint density at radius 3 is 2.80 bits per heavy atom. The summed E-state index contributed by atoms with van der Waals surface area (Å²) in [6.45, 7) is 4.30. The van der Waals surface area contributed by atoms with E-state index < -0.39 is 0 Å². The van der Waals surface area contributed by atoms with Crippen LogP contribution in [0.15, 0.2) is 0 Å². The molecule has 4 nitrogen and oxygen atoms in total. The van der Waals surface area contributed by atoms with Gasteiger partial charge in [-0.2, -0.15) is 5.26 Å². The second kappa shape index (κ2) is 9.75. The predicted molar refractivity (Wildman–Crippen MR) is 58.6 cm³/mol. The molecule has 1 amide bonds. The molecular formula is C10H17ClN2O2. The lowest BCUT2D eigenvalue weighted by Gasteiger charge is -2.20. The van der Waals surface area contributed by atoms with Crippen molar-refractivity contribution in [3.8, 4) is 6.07 Å². The number of rotatable bonds is 8. The molecule has 0 spiro atoms. The van der Waals surface area contributed by atoms with Gasteiger partial charge in [0.1, 0.15) is 5.88 Å². The third-order valence-corrected chi connectivity index (χ3v) is 2.11. The maximum absolute atomic E-state index is 11.3. The highest BCUT2D eigenvalue weighted by molar-refractivity contribution is 6.27. The largest absolute Gasteiger partial charge is 0.382 e. The summed E-state index contributed by atoms with van der Waals surface area (Å²) in [5.74, 6) is -0.150. The van der Waals surface area contributed by atoms with Gasteiger partial charge in [0.15, 0.2) is 0 Å². The third kappa shape index (κ3) is 7.18. The molecular weight excluding hydrogens is 216 g/mol. The van der Waals surface area contributed by atoms with Crippen molar-refractivity contribution < 1.29 is 9.53 Å². The van der Waals surface area contributed by atoms with E-state index in [9.17, 15) is 4.79 Å². The molecule has 0 radical (unpaired) electrons. The van der Waals surface area contributed by atoms with Gasteiger partial charge >= 0.3 is 0 Å². The Balaban J connectivity index is 3.80. The van der Waals surface area contributed by atoms with Gasteiger partial charge in [-0.1, -0.05) is 0 Å². The molecule has 0 heterocycles. The van der Waals surface area contributed by atoms with E-state index in [4.69, 9.17) is 21.6 Å². The maximum Gasteiger partial charge on any atom is 0.237 e. The highest BCUT2D eigenvalue weighted by atomic mass is 35.5. The van der Waals surface area contributed by atoms with E-state index in [-0.39, 0.29) is 11.8 Å². The normalized spacial score (nSPS) is 9.67. The third-order valence-electron chi connectivity index (χ3n) is 1.88.